The van der Waals surface area contributed by atoms with Crippen molar-refractivity contribution in [1.82, 2.24) is 4.68 Å². The van der Waals surface area contributed by atoms with Crippen molar-refractivity contribution in [2.45, 2.75) is 6.92 Å². The predicted molar refractivity (Wildman–Crippen MR) is 112 cm³/mol. The topological polar surface area (TPSA) is 79.3 Å². The zero-order valence-corrected chi connectivity index (χ0v) is 16.5. The van der Waals surface area contributed by atoms with Crippen molar-refractivity contribution in [2.24, 2.45) is 10.1 Å². The van der Waals surface area contributed by atoms with E-state index >= 15 is 0 Å². The largest absolute Gasteiger partial charge is 0.508 e. The van der Waals surface area contributed by atoms with E-state index in [1.807, 2.05) is 36.6 Å². The summed E-state index contributed by atoms with van der Waals surface area (Å²) in [6.07, 6.45) is 1.54. The van der Waals surface area contributed by atoms with Gasteiger partial charge in [-0.15, -0.1) is 11.3 Å². The molecule has 3 rings (SSSR count). The fraction of sp³-hybridized carbons (Fsp3) is 0.143. The maximum atomic E-state index is 10.0. The van der Waals surface area contributed by atoms with E-state index in [-0.39, 0.29) is 11.5 Å². The molecular weight excluding hydrogens is 374 g/mol. The summed E-state index contributed by atoms with van der Waals surface area (Å²) < 4.78 is 6.95. The number of rotatable bonds is 6. The Morgan fingerprint density at radius 1 is 1.21 bits per heavy atom. The van der Waals surface area contributed by atoms with Crippen LogP contribution in [0.4, 0.5) is 0 Å². The standard InChI is InChI=1S/C21H21N3O3S/c1-14(2)11-22-21-24(23-12-16-4-7-17(25)10-20(16)26)19(13-28-21)15-5-8-18(27-3)9-6-15/h4-10,12-13,25-26H,1,11H2,2-3H3. The zero-order valence-electron chi connectivity index (χ0n) is 15.7. The average Bonchev–Trinajstić information content (AvgIpc) is 3.08. The first-order valence-corrected chi connectivity index (χ1v) is 9.42. The molecule has 0 unspecified atom stereocenters. The van der Waals surface area contributed by atoms with Crippen LogP contribution in [0.3, 0.4) is 0 Å². The zero-order chi connectivity index (χ0) is 20.1. The lowest BCUT2D eigenvalue weighted by molar-refractivity contribution is 0.415. The van der Waals surface area contributed by atoms with Crippen LogP contribution in [0.5, 0.6) is 17.2 Å². The summed E-state index contributed by atoms with van der Waals surface area (Å²) in [5.41, 5.74) is 3.26. The van der Waals surface area contributed by atoms with Gasteiger partial charge in [-0.1, -0.05) is 12.2 Å². The Morgan fingerprint density at radius 3 is 2.61 bits per heavy atom. The van der Waals surface area contributed by atoms with Crippen LogP contribution in [0.25, 0.3) is 11.3 Å². The van der Waals surface area contributed by atoms with Crippen LogP contribution in [-0.2, 0) is 0 Å². The third kappa shape index (κ3) is 4.50. The molecule has 0 amide bonds. The Kier molecular flexibility index (Phi) is 5.96. The van der Waals surface area contributed by atoms with Crippen molar-refractivity contribution < 1.29 is 14.9 Å². The number of hydrogen-bond donors (Lipinski definition) is 2. The summed E-state index contributed by atoms with van der Waals surface area (Å²) in [6, 6.07) is 12.0. The number of nitrogens with zero attached hydrogens (tertiary/aromatic N) is 3. The third-order valence-electron chi connectivity index (χ3n) is 3.88. The monoisotopic (exact) mass is 395 g/mol. The summed E-state index contributed by atoms with van der Waals surface area (Å²) in [5, 5.41) is 26.0. The second-order valence-electron chi connectivity index (χ2n) is 6.20. The van der Waals surface area contributed by atoms with Gasteiger partial charge in [-0.3, -0.25) is 4.99 Å². The van der Waals surface area contributed by atoms with E-state index in [0.29, 0.717) is 16.9 Å². The third-order valence-corrected chi connectivity index (χ3v) is 4.74. The van der Waals surface area contributed by atoms with E-state index in [1.165, 1.54) is 29.7 Å². The van der Waals surface area contributed by atoms with E-state index in [2.05, 4.69) is 16.7 Å². The van der Waals surface area contributed by atoms with Crippen LogP contribution < -0.4 is 9.54 Å². The lowest BCUT2D eigenvalue weighted by atomic mass is 10.2. The molecule has 0 atom stereocenters. The molecule has 3 aromatic rings. The van der Waals surface area contributed by atoms with Crippen LogP contribution in [0, 0.1) is 0 Å². The fourth-order valence-electron chi connectivity index (χ4n) is 2.44. The molecule has 144 valence electrons. The van der Waals surface area contributed by atoms with Gasteiger partial charge in [0.25, 0.3) is 0 Å². The molecule has 7 heteroatoms. The smallest absolute Gasteiger partial charge is 0.206 e. The highest BCUT2D eigenvalue weighted by molar-refractivity contribution is 7.07. The van der Waals surface area contributed by atoms with Crippen LogP contribution >= 0.6 is 11.3 Å². The molecule has 0 aliphatic rings. The molecular formula is C21H21N3O3S. The Bertz CT molecular complexity index is 1080. The highest BCUT2D eigenvalue weighted by Gasteiger charge is 2.08. The normalized spacial score (nSPS) is 11.9. The summed E-state index contributed by atoms with van der Waals surface area (Å²) in [5.74, 6) is 0.718. The lowest BCUT2D eigenvalue weighted by Gasteiger charge is -2.05. The number of ether oxygens (including phenoxy) is 1. The van der Waals surface area contributed by atoms with Crippen LogP contribution in [0.15, 0.2) is 70.1 Å². The van der Waals surface area contributed by atoms with Crippen molar-refractivity contribution in [3.63, 3.8) is 0 Å². The lowest BCUT2D eigenvalue weighted by Crippen LogP contribution is -2.13. The van der Waals surface area contributed by atoms with Gasteiger partial charge in [0.2, 0.25) is 4.80 Å². The molecule has 0 aliphatic carbocycles. The van der Waals surface area contributed by atoms with E-state index < -0.39 is 0 Å². The van der Waals surface area contributed by atoms with Gasteiger partial charge in [-0.2, -0.15) is 5.10 Å². The van der Waals surface area contributed by atoms with Gasteiger partial charge >= 0.3 is 0 Å². The first-order valence-electron chi connectivity index (χ1n) is 8.54. The van der Waals surface area contributed by atoms with Crippen LogP contribution in [-0.4, -0.2) is 34.8 Å². The number of methoxy groups -OCH3 is 1. The molecule has 1 heterocycles. The predicted octanol–water partition coefficient (Wildman–Crippen LogP) is 4.00. The number of benzene rings is 2. The Labute approximate surface area is 167 Å². The van der Waals surface area contributed by atoms with Gasteiger partial charge in [-0.05, 0) is 43.3 Å². The van der Waals surface area contributed by atoms with Crippen molar-refractivity contribution in [1.29, 1.82) is 0 Å². The average molecular weight is 395 g/mol. The minimum absolute atomic E-state index is 0.00564. The van der Waals surface area contributed by atoms with Gasteiger partial charge in [0, 0.05) is 22.6 Å². The van der Waals surface area contributed by atoms with Gasteiger partial charge < -0.3 is 14.9 Å². The number of aromatic hydroxyl groups is 2. The van der Waals surface area contributed by atoms with Gasteiger partial charge in [-0.25, -0.2) is 4.68 Å². The molecule has 1 aromatic heterocycles. The summed E-state index contributed by atoms with van der Waals surface area (Å²) in [4.78, 5) is 5.29. The van der Waals surface area contributed by atoms with Crippen molar-refractivity contribution in [3.05, 3.63) is 70.4 Å². The van der Waals surface area contributed by atoms with E-state index in [1.54, 1.807) is 17.9 Å². The molecule has 0 fully saturated rings. The van der Waals surface area contributed by atoms with Crippen molar-refractivity contribution in [3.8, 4) is 28.5 Å². The van der Waals surface area contributed by atoms with E-state index in [4.69, 9.17) is 4.74 Å². The highest BCUT2D eigenvalue weighted by Crippen LogP contribution is 2.24. The Morgan fingerprint density at radius 2 is 1.96 bits per heavy atom. The maximum Gasteiger partial charge on any atom is 0.206 e. The first kappa shape index (κ1) is 19.4. The van der Waals surface area contributed by atoms with Crippen LogP contribution in [0.1, 0.15) is 12.5 Å². The van der Waals surface area contributed by atoms with E-state index in [0.717, 1.165) is 22.6 Å². The molecule has 0 aliphatic heterocycles. The number of aromatic nitrogens is 1. The summed E-state index contributed by atoms with van der Waals surface area (Å²) >= 11 is 1.47. The number of phenols is 2. The van der Waals surface area contributed by atoms with E-state index in [9.17, 15) is 10.2 Å². The molecule has 28 heavy (non-hydrogen) atoms. The number of thiazole rings is 1. The molecule has 0 spiro atoms. The first-order chi connectivity index (χ1) is 13.5. The molecule has 6 nitrogen and oxygen atoms in total. The molecule has 0 bridgehead atoms. The minimum Gasteiger partial charge on any atom is -0.508 e. The number of phenolic OH excluding ortho intramolecular Hbond substituents is 2. The minimum atomic E-state index is -0.0500. The van der Waals surface area contributed by atoms with Gasteiger partial charge in [0.1, 0.15) is 17.2 Å². The Balaban J connectivity index is 2.07. The Hall–Kier alpha value is -3.32. The molecule has 0 radical (unpaired) electrons. The fourth-order valence-corrected chi connectivity index (χ4v) is 3.28. The van der Waals surface area contributed by atoms with Crippen LogP contribution in [0.2, 0.25) is 0 Å². The van der Waals surface area contributed by atoms with Gasteiger partial charge in [0.05, 0.1) is 25.6 Å². The van der Waals surface area contributed by atoms with Crippen molar-refractivity contribution >= 4 is 17.6 Å². The molecule has 0 saturated carbocycles. The second kappa shape index (κ2) is 8.58. The molecule has 2 N–H and O–H groups in total. The summed E-state index contributed by atoms with van der Waals surface area (Å²) in [7, 11) is 1.63. The molecule has 0 saturated heterocycles. The molecule has 2 aromatic carbocycles. The SMILES string of the molecule is C=C(C)CN=c1scc(-c2ccc(OC)cc2)n1N=Cc1ccc(O)cc1O. The number of hydrogen-bond acceptors (Lipinski definition) is 6. The maximum absolute atomic E-state index is 10.0. The second-order valence-corrected chi connectivity index (χ2v) is 7.04. The highest BCUT2D eigenvalue weighted by atomic mass is 32.1. The van der Waals surface area contributed by atoms with Crippen molar-refractivity contribution in [2.75, 3.05) is 13.7 Å². The van der Waals surface area contributed by atoms with Gasteiger partial charge in [0.15, 0.2) is 0 Å². The quantitative estimate of drug-likeness (QED) is 0.489. The summed E-state index contributed by atoms with van der Waals surface area (Å²) in [6.45, 7) is 6.31.